The lowest BCUT2D eigenvalue weighted by Gasteiger charge is -2.43. The number of likely N-dealkylation sites (tertiary alicyclic amines) is 1. The van der Waals surface area contributed by atoms with Crippen LogP contribution in [0.4, 0.5) is 0 Å². The van der Waals surface area contributed by atoms with E-state index in [1.165, 1.54) is 7.11 Å². The number of methoxy groups -OCH3 is 1. The molecule has 2 saturated heterocycles. The Labute approximate surface area is 199 Å². The number of benzene rings is 1. The van der Waals surface area contributed by atoms with Crippen LogP contribution in [0.3, 0.4) is 0 Å². The van der Waals surface area contributed by atoms with Gasteiger partial charge in [-0.2, -0.15) is 0 Å². The molecule has 34 heavy (non-hydrogen) atoms. The zero-order chi connectivity index (χ0) is 23.8. The van der Waals surface area contributed by atoms with Crippen molar-refractivity contribution in [3.05, 3.63) is 42.2 Å². The summed E-state index contributed by atoms with van der Waals surface area (Å²) in [4.78, 5) is 29.9. The standard InChI is InChI=1S/C25H33N3O6/c1-31-22-16-21(34-26-22)10-11-23(29)28-14-15-33-25(18-28,19-32-20-8-4-2-5-9-20)17-24(30)27-12-6-3-7-13-27/h2,4-5,8-9,16H,3,6-7,10-15,17-19H2,1H3. The summed E-state index contributed by atoms with van der Waals surface area (Å²) in [5, 5.41) is 3.78. The first-order chi connectivity index (χ1) is 16.6. The molecule has 3 heterocycles. The molecule has 0 radical (unpaired) electrons. The van der Waals surface area contributed by atoms with Crippen molar-refractivity contribution in [3.63, 3.8) is 0 Å². The zero-order valence-corrected chi connectivity index (χ0v) is 19.7. The highest BCUT2D eigenvalue weighted by Crippen LogP contribution is 2.27. The first-order valence-corrected chi connectivity index (χ1v) is 11.9. The van der Waals surface area contributed by atoms with Gasteiger partial charge in [-0.05, 0) is 36.6 Å². The number of carbonyl (C=O) groups is 2. The third-order valence-corrected chi connectivity index (χ3v) is 6.36. The quantitative estimate of drug-likeness (QED) is 0.555. The number of morpholine rings is 1. The van der Waals surface area contributed by atoms with Gasteiger partial charge in [-0.3, -0.25) is 9.59 Å². The van der Waals surface area contributed by atoms with Crippen molar-refractivity contribution < 1.29 is 28.3 Å². The van der Waals surface area contributed by atoms with Crippen LogP contribution in [0.25, 0.3) is 0 Å². The second-order valence-corrected chi connectivity index (χ2v) is 8.90. The molecule has 4 rings (SSSR count). The minimum Gasteiger partial charge on any atom is -0.490 e. The van der Waals surface area contributed by atoms with Crippen molar-refractivity contribution in [2.24, 2.45) is 0 Å². The Balaban J connectivity index is 1.42. The lowest BCUT2D eigenvalue weighted by atomic mass is 9.95. The number of piperidine rings is 1. The molecule has 0 N–H and O–H groups in total. The molecule has 2 aromatic rings. The number of rotatable bonds is 9. The van der Waals surface area contributed by atoms with Crippen LogP contribution in [-0.2, 0) is 20.7 Å². The van der Waals surface area contributed by atoms with Gasteiger partial charge >= 0.3 is 0 Å². The van der Waals surface area contributed by atoms with Gasteiger partial charge in [0.2, 0.25) is 11.8 Å². The normalized spacial score (nSPS) is 20.7. The number of nitrogens with zero attached hydrogens (tertiary/aromatic N) is 3. The average molecular weight is 472 g/mol. The Morgan fingerprint density at radius 2 is 1.85 bits per heavy atom. The fourth-order valence-corrected chi connectivity index (χ4v) is 4.46. The van der Waals surface area contributed by atoms with Crippen molar-refractivity contribution in [2.75, 3.05) is 46.5 Å². The second kappa shape index (κ2) is 11.4. The molecule has 1 aromatic heterocycles. The van der Waals surface area contributed by atoms with E-state index in [0.717, 1.165) is 32.4 Å². The Hall–Kier alpha value is -3.07. The van der Waals surface area contributed by atoms with Crippen molar-refractivity contribution in [2.45, 2.75) is 44.1 Å². The molecule has 2 fully saturated rings. The molecule has 1 atom stereocenters. The van der Waals surface area contributed by atoms with E-state index in [0.29, 0.717) is 43.5 Å². The smallest absolute Gasteiger partial charge is 0.254 e. The molecule has 1 aromatic carbocycles. The molecular weight excluding hydrogens is 438 g/mol. The fourth-order valence-electron chi connectivity index (χ4n) is 4.46. The highest BCUT2D eigenvalue weighted by atomic mass is 16.5. The minimum absolute atomic E-state index is 0.0202. The molecule has 184 valence electrons. The predicted molar refractivity (Wildman–Crippen MR) is 124 cm³/mol. The molecule has 0 bridgehead atoms. The van der Waals surface area contributed by atoms with E-state index in [-0.39, 0.29) is 31.3 Å². The summed E-state index contributed by atoms with van der Waals surface area (Å²) >= 11 is 0. The molecule has 0 spiro atoms. The highest BCUT2D eigenvalue weighted by Gasteiger charge is 2.42. The van der Waals surface area contributed by atoms with Gasteiger partial charge in [0.25, 0.3) is 5.88 Å². The summed E-state index contributed by atoms with van der Waals surface area (Å²) in [5.74, 6) is 1.73. The van der Waals surface area contributed by atoms with E-state index in [1.807, 2.05) is 35.2 Å². The lowest BCUT2D eigenvalue weighted by Crippen LogP contribution is -2.58. The molecule has 2 aliphatic rings. The summed E-state index contributed by atoms with van der Waals surface area (Å²) in [5.41, 5.74) is -0.895. The first kappa shape index (κ1) is 24.1. The van der Waals surface area contributed by atoms with Gasteiger partial charge in [-0.1, -0.05) is 18.2 Å². The molecule has 1 unspecified atom stereocenters. The molecule has 9 nitrogen and oxygen atoms in total. The summed E-state index contributed by atoms with van der Waals surface area (Å²) in [7, 11) is 1.52. The average Bonchev–Trinajstić information content (AvgIpc) is 3.35. The number of hydrogen-bond donors (Lipinski definition) is 0. The van der Waals surface area contributed by atoms with Gasteiger partial charge in [0.1, 0.15) is 23.7 Å². The number of aromatic nitrogens is 1. The van der Waals surface area contributed by atoms with E-state index in [4.69, 9.17) is 18.7 Å². The van der Waals surface area contributed by atoms with Crippen molar-refractivity contribution in [1.82, 2.24) is 15.0 Å². The van der Waals surface area contributed by atoms with E-state index in [2.05, 4.69) is 5.16 Å². The van der Waals surface area contributed by atoms with Gasteiger partial charge in [0, 0.05) is 38.5 Å². The van der Waals surface area contributed by atoms with Crippen LogP contribution in [0.1, 0.15) is 37.9 Å². The predicted octanol–water partition coefficient (Wildman–Crippen LogP) is 2.70. The van der Waals surface area contributed by atoms with Crippen LogP contribution in [0.2, 0.25) is 0 Å². The summed E-state index contributed by atoms with van der Waals surface area (Å²) in [6, 6.07) is 11.1. The molecule has 2 amide bonds. The van der Waals surface area contributed by atoms with Gasteiger partial charge in [0.05, 0.1) is 26.7 Å². The van der Waals surface area contributed by atoms with Crippen LogP contribution >= 0.6 is 0 Å². The minimum atomic E-state index is -0.895. The van der Waals surface area contributed by atoms with E-state index >= 15 is 0 Å². The highest BCUT2D eigenvalue weighted by molar-refractivity contribution is 5.79. The lowest BCUT2D eigenvalue weighted by molar-refractivity contribution is -0.166. The molecule has 2 aliphatic heterocycles. The Morgan fingerprint density at radius 3 is 2.59 bits per heavy atom. The fraction of sp³-hybridized carbons (Fsp3) is 0.560. The van der Waals surface area contributed by atoms with Crippen LogP contribution in [0, 0.1) is 0 Å². The van der Waals surface area contributed by atoms with Gasteiger partial charge < -0.3 is 28.5 Å². The van der Waals surface area contributed by atoms with Crippen LogP contribution < -0.4 is 9.47 Å². The SMILES string of the molecule is COc1cc(CCC(=O)N2CCOC(COc3ccccc3)(CC(=O)N3CCCCC3)C2)on1. The van der Waals surface area contributed by atoms with Gasteiger partial charge in [0.15, 0.2) is 0 Å². The Kier molecular flexibility index (Phi) is 8.05. The topological polar surface area (TPSA) is 94.3 Å². The molecule has 0 aliphatic carbocycles. The van der Waals surface area contributed by atoms with Crippen LogP contribution in [-0.4, -0.2) is 78.9 Å². The van der Waals surface area contributed by atoms with Gasteiger partial charge in [-0.15, -0.1) is 0 Å². The largest absolute Gasteiger partial charge is 0.490 e. The maximum atomic E-state index is 13.2. The van der Waals surface area contributed by atoms with E-state index < -0.39 is 5.60 Å². The van der Waals surface area contributed by atoms with E-state index in [1.54, 1.807) is 11.0 Å². The van der Waals surface area contributed by atoms with Crippen LogP contribution in [0.15, 0.2) is 40.9 Å². The number of para-hydroxylation sites is 1. The summed E-state index contributed by atoms with van der Waals surface area (Å²) < 4.78 is 22.5. The van der Waals surface area contributed by atoms with Crippen molar-refractivity contribution in [1.29, 1.82) is 0 Å². The molecule has 0 saturated carbocycles. The number of ether oxygens (including phenoxy) is 3. The Bertz CT molecular complexity index is 943. The third kappa shape index (κ3) is 6.28. The third-order valence-electron chi connectivity index (χ3n) is 6.36. The van der Waals surface area contributed by atoms with Gasteiger partial charge in [-0.25, -0.2) is 0 Å². The summed E-state index contributed by atoms with van der Waals surface area (Å²) in [6.07, 6.45) is 4.08. The number of hydrogen-bond acceptors (Lipinski definition) is 7. The number of amides is 2. The Morgan fingerprint density at radius 1 is 1.06 bits per heavy atom. The first-order valence-electron chi connectivity index (χ1n) is 11.9. The maximum Gasteiger partial charge on any atom is 0.254 e. The summed E-state index contributed by atoms with van der Waals surface area (Å²) in [6.45, 7) is 2.88. The zero-order valence-electron chi connectivity index (χ0n) is 19.7. The number of carbonyl (C=O) groups excluding carboxylic acids is 2. The van der Waals surface area contributed by atoms with Crippen LogP contribution in [0.5, 0.6) is 11.6 Å². The van der Waals surface area contributed by atoms with E-state index in [9.17, 15) is 9.59 Å². The number of aryl methyl sites for hydroxylation is 1. The molecule has 9 heteroatoms. The van der Waals surface area contributed by atoms with Crippen molar-refractivity contribution in [3.8, 4) is 11.6 Å². The van der Waals surface area contributed by atoms with Crippen molar-refractivity contribution >= 4 is 11.8 Å². The monoisotopic (exact) mass is 471 g/mol. The second-order valence-electron chi connectivity index (χ2n) is 8.90. The molecular formula is C25H33N3O6. The maximum absolute atomic E-state index is 13.2.